The first-order valence-corrected chi connectivity index (χ1v) is 12.3. The Balaban J connectivity index is 1.93. The van der Waals surface area contributed by atoms with Gasteiger partial charge in [0, 0.05) is 13.1 Å². The smallest absolute Gasteiger partial charge is 0.246 e. The van der Waals surface area contributed by atoms with Gasteiger partial charge in [0.1, 0.15) is 0 Å². The summed E-state index contributed by atoms with van der Waals surface area (Å²) in [6.07, 6.45) is 3.79. The van der Waals surface area contributed by atoms with E-state index in [-0.39, 0.29) is 0 Å². The third-order valence-electron chi connectivity index (χ3n) is 3.74. The van der Waals surface area contributed by atoms with Crippen LogP contribution in [0.2, 0.25) is 0 Å². The van der Waals surface area contributed by atoms with E-state index in [4.69, 9.17) is 0 Å². The van der Waals surface area contributed by atoms with Crippen LogP contribution in [0.5, 0.6) is 0 Å². The highest BCUT2D eigenvalue weighted by Crippen LogP contribution is 2.38. The zero-order valence-electron chi connectivity index (χ0n) is 14.3. The zero-order valence-corrected chi connectivity index (χ0v) is 17.5. The second kappa shape index (κ2) is 7.75. The predicted octanol–water partition coefficient (Wildman–Crippen LogP) is 4.41. The quantitative estimate of drug-likeness (QED) is 0.551. The van der Waals surface area contributed by atoms with Crippen molar-refractivity contribution in [3.63, 3.8) is 0 Å². The highest BCUT2D eigenvalue weighted by atomic mass is 32.2. The molecule has 0 atom stereocenters. The van der Waals surface area contributed by atoms with Gasteiger partial charge in [0.15, 0.2) is 9.47 Å². The predicted molar refractivity (Wildman–Crippen MR) is 109 cm³/mol. The van der Waals surface area contributed by atoms with Gasteiger partial charge < -0.3 is 0 Å². The number of rotatable bonds is 8. The van der Waals surface area contributed by atoms with Gasteiger partial charge >= 0.3 is 10.2 Å². The number of aromatic nitrogens is 2. The van der Waals surface area contributed by atoms with E-state index < -0.39 is 10.2 Å². The fourth-order valence-electron chi connectivity index (χ4n) is 2.44. The number of thiazole rings is 2. The second-order valence-corrected chi connectivity index (χ2v) is 10.1. The van der Waals surface area contributed by atoms with Crippen molar-refractivity contribution >= 4 is 70.2 Å². The Labute approximate surface area is 159 Å². The van der Waals surface area contributed by atoms with Crippen molar-refractivity contribution in [1.82, 2.24) is 14.3 Å². The van der Waals surface area contributed by atoms with Crippen LogP contribution >= 0.6 is 34.4 Å². The van der Waals surface area contributed by atoms with Gasteiger partial charge in [-0.2, -0.15) is 12.7 Å². The lowest BCUT2D eigenvalue weighted by Gasteiger charge is -2.19. The molecule has 0 spiro atoms. The molecular weight excluding hydrogens is 396 g/mol. The highest BCUT2D eigenvalue weighted by Gasteiger charge is 2.22. The number of fused-ring (bicyclic) bond motifs is 3. The lowest BCUT2D eigenvalue weighted by atomic mass is 10.3. The summed E-state index contributed by atoms with van der Waals surface area (Å²) >= 11 is 4.58. The zero-order chi connectivity index (χ0) is 18.0. The average molecular weight is 417 g/mol. The minimum atomic E-state index is -3.58. The molecular formula is C15H20N4O2S4. The summed E-state index contributed by atoms with van der Waals surface area (Å²) in [7, 11) is -3.58. The van der Waals surface area contributed by atoms with E-state index >= 15 is 0 Å². The average Bonchev–Trinajstić information content (AvgIpc) is 3.17. The maximum atomic E-state index is 12.6. The van der Waals surface area contributed by atoms with E-state index in [1.807, 2.05) is 32.2 Å². The van der Waals surface area contributed by atoms with Gasteiger partial charge in [-0.15, -0.1) is 11.3 Å². The summed E-state index contributed by atoms with van der Waals surface area (Å²) in [4.78, 5) is 9.01. The van der Waals surface area contributed by atoms with Crippen LogP contribution < -0.4 is 4.72 Å². The van der Waals surface area contributed by atoms with E-state index in [9.17, 15) is 8.42 Å². The van der Waals surface area contributed by atoms with Gasteiger partial charge in [-0.05, 0) is 24.8 Å². The van der Waals surface area contributed by atoms with Crippen molar-refractivity contribution < 1.29 is 8.42 Å². The summed E-state index contributed by atoms with van der Waals surface area (Å²) in [5.41, 5.74) is 1.72. The van der Waals surface area contributed by atoms with E-state index in [0.29, 0.717) is 18.2 Å². The van der Waals surface area contributed by atoms with Gasteiger partial charge in [-0.3, -0.25) is 0 Å². The molecule has 6 nitrogen and oxygen atoms in total. The molecule has 1 N–H and O–H groups in total. The molecule has 0 saturated carbocycles. The molecule has 1 aromatic carbocycles. The molecule has 0 saturated heterocycles. The molecule has 0 radical (unpaired) electrons. The van der Waals surface area contributed by atoms with E-state index in [1.165, 1.54) is 15.6 Å². The third-order valence-corrected chi connectivity index (χ3v) is 8.65. The van der Waals surface area contributed by atoms with Gasteiger partial charge in [-0.1, -0.05) is 43.4 Å². The molecule has 2 aromatic heterocycles. The van der Waals surface area contributed by atoms with Gasteiger partial charge in [0.25, 0.3) is 0 Å². The standard InChI is InChI=1S/C15H20N4O2S4/c1-4-6-9-19(5-2)25(20,21)18-14-16-10-7-8-11-13(12(10)23-14)24-15(17-11)22-3/h7-8H,4-6,9H2,1-3H3,(H,16,18). The first-order chi connectivity index (χ1) is 12.0. The van der Waals surface area contributed by atoms with Crippen LogP contribution in [0.3, 0.4) is 0 Å². The van der Waals surface area contributed by atoms with Gasteiger partial charge in [-0.25, -0.2) is 14.7 Å². The Kier molecular flexibility index (Phi) is 5.84. The maximum absolute atomic E-state index is 12.6. The lowest BCUT2D eigenvalue weighted by Crippen LogP contribution is -2.36. The first-order valence-electron chi connectivity index (χ1n) is 8.00. The number of anilines is 1. The minimum Gasteiger partial charge on any atom is -0.246 e. The van der Waals surface area contributed by atoms with Crippen LogP contribution in [0, 0.1) is 0 Å². The highest BCUT2D eigenvalue weighted by molar-refractivity contribution is 8.00. The number of unbranched alkanes of at least 4 members (excludes halogenated alkanes) is 1. The van der Waals surface area contributed by atoms with Crippen molar-refractivity contribution in [2.24, 2.45) is 0 Å². The van der Waals surface area contributed by atoms with Crippen LogP contribution in [-0.4, -0.2) is 42.0 Å². The molecule has 10 heteroatoms. The van der Waals surface area contributed by atoms with Crippen LogP contribution in [0.4, 0.5) is 5.13 Å². The fraction of sp³-hybridized carbons (Fsp3) is 0.467. The lowest BCUT2D eigenvalue weighted by molar-refractivity contribution is 0.422. The Morgan fingerprint density at radius 1 is 1.16 bits per heavy atom. The number of hydrogen-bond acceptors (Lipinski definition) is 7. The topological polar surface area (TPSA) is 75.2 Å². The number of benzene rings is 1. The molecule has 0 aliphatic heterocycles. The van der Waals surface area contributed by atoms with Gasteiger partial charge in [0.05, 0.1) is 20.4 Å². The Bertz CT molecular complexity index is 980. The summed E-state index contributed by atoms with van der Waals surface area (Å²) in [5.74, 6) is 0. The molecule has 0 amide bonds. The number of thioether (sulfide) groups is 1. The maximum Gasteiger partial charge on any atom is 0.303 e. The Hall–Kier alpha value is -0.940. The van der Waals surface area contributed by atoms with E-state index in [2.05, 4.69) is 14.7 Å². The molecule has 3 rings (SSSR count). The van der Waals surface area contributed by atoms with Crippen molar-refractivity contribution in [2.75, 3.05) is 24.1 Å². The van der Waals surface area contributed by atoms with E-state index in [0.717, 1.165) is 37.6 Å². The largest absolute Gasteiger partial charge is 0.303 e. The summed E-state index contributed by atoms with van der Waals surface area (Å²) in [6.45, 7) is 4.85. The molecule has 2 heterocycles. The third kappa shape index (κ3) is 3.92. The molecule has 3 aromatic rings. The summed E-state index contributed by atoms with van der Waals surface area (Å²) in [5, 5.41) is 0.400. The fourth-order valence-corrected chi connectivity index (χ4v) is 6.54. The minimum absolute atomic E-state index is 0.400. The van der Waals surface area contributed by atoms with Crippen LogP contribution in [0.1, 0.15) is 26.7 Å². The second-order valence-electron chi connectivity index (χ2n) is 5.42. The Morgan fingerprint density at radius 3 is 2.48 bits per heavy atom. The van der Waals surface area contributed by atoms with Gasteiger partial charge in [0.2, 0.25) is 0 Å². The monoisotopic (exact) mass is 416 g/mol. The van der Waals surface area contributed by atoms with Crippen molar-refractivity contribution in [3.05, 3.63) is 12.1 Å². The molecule has 0 aliphatic rings. The van der Waals surface area contributed by atoms with Crippen molar-refractivity contribution in [2.45, 2.75) is 31.0 Å². The summed E-state index contributed by atoms with van der Waals surface area (Å²) < 4.78 is 32.3. The number of nitrogens with one attached hydrogen (secondary N) is 1. The van der Waals surface area contributed by atoms with Crippen LogP contribution in [-0.2, 0) is 10.2 Å². The molecule has 0 aliphatic carbocycles. The Morgan fingerprint density at radius 2 is 1.84 bits per heavy atom. The van der Waals surface area contributed by atoms with Crippen LogP contribution in [0.25, 0.3) is 20.4 Å². The molecule has 0 bridgehead atoms. The van der Waals surface area contributed by atoms with E-state index in [1.54, 1.807) is 23.1 Å². The summed E-state index contributed by atoms with van der Waals surface area (Å²) in [6, 6.07) is 3.83. The number of hydrogen-bond donors (Lipinski definition) is 1. The van der Waals surface area contributed by atoms with Crippen LogP contribution in [0.15, 0.2) is 16.5 Å². The first kappa shape index (κ1) is 18.8. The SMILES string of the molecule is CCCCN(CC)S(=O)(=O)Nc1nc2ccc3nc(SC)sc3c2s1. The van der Waals surface area contributed by atoms with Crippen molar-refractivity contribution in [1.29, 1.82) is 0 Å². The number of nitrogens with zero attached hydrogens (tertiary/aromatic N) is 3. The molecule has 136 valence electrons. The molecule has 0 fully saturated rings. The molecule has 25 heavy (non-hydrogen) atoms. The molecule has 0 unspecified atom stereocenters. The van der Waals surface area contributed by atoms with Crippen molar-refractivity contribution in [3.8, 4) is 0 Å². The normalized spacial score (nSPS) is 12.5.